The summed E-state index contributed by atoms with van der Waals surface area (Å²) < 4.78 is 0. The Morgan fingerprint density at radius 1 is 1.12 bits per heavy atom. The molecule has 0 radical (unpaired) electrons. The molecule has 10 heteroatoms. The fourth-order valence-corrected chi connectivity index (χ4v) is 7.34. The normalized spacial score (nSPS) is 30.7. The maximum atomic E-state index is 12.9. The van der Waals surface area contributed by atoms with Gasteiger partial charge >= 0.3 is 0 Å². The van der Waals surface area contributed by atoms with Gasteiger partial charge < -0.3 is 5.32 Å². The number of carbonyl (C=O) groups is 3. The number of anilines is 1. The Kier molecular flexibility index (Phi) is 6.72. The molecule has 2 bridgehead atoms. The molecule has 1 aromatic rings. The molecule has 3 fully saturated rings. The van der Waals surface area contributed by atoms with Crippen molar-refractivity contribution in [3.8, 4) is 0 Å². The minimum atomic E-state index is -0.471. The maximum absolute atomic E-state index is 12.9. The predicted octanol–water partition coefficient (Wildman–Crippen LogP) is 4.18. The summed E-state index contributed by atoms with van der Waals surface area (Å²) in [5, 5.41) is 13.7. The Morgan fingerprint density at radius 3 is 2.34 bits per heavy atom. The predicted molar refractivity (Wildman–Crippen MR) is 126 cm³/mol. The summed E-state index contributed by atoms with van der Waals surface area (Å²) in [4.78, 5) is 50.4. The molecule has 8 nitrogen and oxygen atoms in total. The number of rotatable bonds is 8. The van der Waals surface area contributed by atoms with Crippen LogP contribution in [0.3, 0.4) is 0 Å². The molecule has 2 aliphatic carbocycles. The number of nitro benzene ring substituents is 1. The Hall–Kier alpha value is -1.81. The van der Waals surface area contributed by atoms with Crippen LogP contribution in [0.25, 0.3) is 0 Å². The maximum Gasteiger partial charge on any atom is 0.274 e. The van der Waals surface area contributed by atoms with E-state index in [0.717, 1.165) is 6.42 Å². The highest BCUT2D eigenvalue weighted by molar-refractivity contribution is 9.12. The zero-order valence-electron chi connectivity index (χ0n) is 17.6. The molecule has 1 heterocycles. The van der Waals surface area contributed by atoms with Gasteiger partial charge in [0.2, 0.25) is 17.7 Å². The number of benzene rings is 1. The van der Waals surface area contributed by atoms with Crippen molar-refractivity contribution in [3.05, 3.63) is 33.9 Å². The average Bonchev–Trinajstić information content (AvgIpc) is 3.35. The molecule has 0 unspecified atom stereocenters. The van der Waals surface area contributed by atoms with Gasteiger partial charge in [0.15, 0.2) is 0 Å². The summed E-state index contributed by atoms with van der Waals surface area (Å²) in [6.45, 7) is 2.05. The Bertz CT molecular complexity index is 939. The van der Waals surface area contributed by atoms with Gasteiger partial charge in [0.05, 0.1) is 16.8 Å². The fraction of sp³-hybridized carbons (Fsp3) is 0.591. The minimum absolute atomic E-state index is 0.0292. The molecule has 3 amide bonds. The second-order valence-electron chi connectivity index (χ2n) is 8.95. The number of unbranched alkanes of at least 4 members (excludes halogenated alkanes) is 2. The number of alkyl halides is 2. The van der Waals surface area contributed by atoms with Crippen molar-refractivity contribution in [2.75, 3.05) is 11.9 Å². The molecule has 1 saturated heterocycles. The van der Waals surface area contributed by atoms with Gasteiger partial charge in [0, 0.05) is 39.9 Å². The van der Waals surface area contributed by atoms with Gasteiger partial charge in [-0.25, -0.2) is 0 Å². The standard InChI is InChI=1S/C22H25Br2N3O5/c1-11-6-7-12(9-15(11)27(31)32)25-16(28)5-3-2-4-8-26-21(29)17-13-10-14(18(17)22(26)30)20(24)19(13)23/h6-7,9,13-14,17-20H,2-5,8,10H2,1H3,(H,25,28)/t13-,14-,17-,18+,19-,20-/m1/s1. The summed E-state index contributed by atoms with van der Waals surface area (Å²) in [5.41, 5.74) is 0.907. The molecule has 32 heavy (non-hydrogen) atoms. The molecule has 0 aromatic heterocycles. The van der Waals surface area contributed by atoms with Crippen molar-refractivity contribution in [3.63, 3.8) is 0 Å². The lowest BCUT2D eigenvalue weighted by molar-refractivity contribution is -0.385. The van der Waals surface area contributed by atoms with Gasteiger partial charge in [0.1, 0.15) is 0 Å². The van der Waals surface area contributed by atoms with Crippen LogP contribution >= 0.6 is 31.9 Å². The summed E-state index contributed by atoms with van der Waals surface area (Å²) in [5.74, 6) is -0.210. The number of nitrogens with zero attached hydrogens (tertiary/aromatic N) is 2. The van der Waals surface area contributed by atoms with Crippen LogP contribution in [-0.2, 0) is 14.4 Å². The number of imide groups is 1. The third-order valence-corrected chi connectivity index (χ3v) is 10.3. The SMILES string of the molecule is Cc1ccc(NC(=O)CCCCCN2C(=O)[C@@H]3[C@H]4C[C@@H]([C@@H](Br)[C@@H]4Br)[C@@H]3C2=O)cc1[N+](=O)[O-]. The lowest BCUT2D eigenvalue weighted by Gasteiger charge is -2.28. The van der Waals surface area contributed by atoms with Crippen LogP contribution in [0.5, 0.6) is 0 Å². The van der Waals surface area contributed by atoms with Crippen LogP contribution in [-0.4, -0.2) is 43.7 Å². The number of hydrogen-bond acceptors (Lipinski definition) is 5. The van der Waals surface area contributed by atoms with Crippen molar-refractivity contribution in [2.45, 2.75) is 48.7 Å². The van der Waals surface area contributed by atoms with E-state index in [4.69, 9.17) is 0 Å². The van der Waals surface area contributed by atoms with Crippen LogP contribution < -0.4 is 5.32 Å². The first-order valence-electron chi connectivity index (χ1n) is 10.9. The zero-order chi connectivity index (χ0) is 23.2. The van der Waals surface area contributed by atoms with Gasteiger partial charge in [-0.1, -0.05) is 44.3 Å². The van der Waals surface area contributed by atoms with E-state index < -0.39 is 4.92 Å². The van der Waals surface area contributed by atoms with E-state index in [-0.39, 0.29) is 63.2 Å². The van der Waals surface area contributed by atoms with Crippen LogP contribution in [0.2, 0.25) is 0 Å². The molecule has 0 spiro atoms. The van der Waals surface area contributed by atoms with Crippen LogP contribution in [0.1, 0.15) is 37.7 Å². The molecule has 6 atom stereocenters. The van der Waals surface area contributed by atoms with Crippen molar-refractivity contribution in [1.29, 1.82) is 0 Å². The molecule has 4 rings (SSSR count). The largest absolute Gasteiger partial charge is 0.326 e. The molecular formula is C22H25Br2N3O5. The third kappa shape index (κ3) is 4.11. The van der Waals surface area contributed by atoms with Crippen LogP contribution in [0.15, 0.2) is 18.2 Å². The number of fused-ring (bicyclic) bond motifs is 5. The average molecular weight is 571 g/mol. The van der Waals surface area contributed by atoms with Crippen molar-refractivity contribution in [1.82, 2.24) is 4.90 Å². The first-order valence-corrected chi connectivity index (χ1v) is 12.7. The van der Waals surface area contributed by atoms with Gasteiger partial charge in [-0.15, -0.1) is 0 Å². The lowest BCUT2D eigenvalue weighted by atomic mass is 9.81. The van der Waals surface area contributed by atoms with E-state index in [9.17, 15) is 24.5 Å². The number of aryl methyl sites for hydroxylation is 1. The summed E-state index contributed by atoms with van der Waals surface area (Å²) >= 11 is 7.38. The minimum Gasteiger partial charge on any atom is -0.326 e. The van der Waals surface area contributed by atoms with Gasteiger partial charge in [0.25, 0.3) is 5.69 Å². The number of carbonyl (C=O) groups excluding carboxylic acids is 3. The van der Waals surface area contributed by atoms with E-state index in [0.29, 0.717) is 37.1 Å². The van der Waals surface area contributed by atoms with Crippen LogP contribution in [0, 0.1) is 40.7 Å². The summed E-state index contributed by atoms with van der Waals surface area (Å²) in [6.07, 6.45) is 3.18. The zero-order valence-corrected chi connectivity index (χ0v) is 20.8. The second kappa shape index (κ2) is 9.21. The van der Waals surface area contributed by atoms with Crippen molar-refractivity contribution in [2.24, 2.45) is 23.7 Å². The van der Waals surface area contributed by atoms with Gasteiger partial charge in [-0.05, 0) is 44.1 Å². The molecule has 1 aliphatic heterocycles. The molecular weight excluding hydrogens is 546 g/mol. The van der Waals surface area contributed by atoms with Gasteiger partial charge in [-0.2, -0.15) is 0 Å². The Balaban J connectivity index is 1.21. The molecule has 172 valence electrons. The first kappa shape index (κ1) is 23.4. The number of hydrogen-bond donors (Lipinski definition) is 1. The van der Waals surface area contributed by atoms with E-state index in [1.165, 1.54) is 11.0 Å². The van der Waals surface area contributed by atoms with E-state index in [1.54, 1.807) is 19.1 Å². The Morgan fingerprint density at radius 2 is 1.75 bits per heavy atom. The first-order chi connectivity index (χ1) is 15.2. The highest BCUT2D eigenvalue weighted by Gasteiger charge is 2.66. The summed E-state index contributed by atoms with van der Waals surface area (Å²) in [6, 6.07) is 4.61. The van der Waals surface area contributed by atoms with Crippen LogP contribution in [0.4, 0.5) is 11.4 Å². The molecule has 1 aromatic carbocycles. The number of nitro groups is 1. The fourth-order valence-electron chi connectivity index (χ4n) is 5.47. The van der Waals surface area contributed by atoms with Crippen molar-refractivity contribution < 1.29 is 19.3 Å². The third-order valence-electron chi connectivity index (χ3n) is 7.05. The number of nitrogens with one attached hydrogen (secondary N) is 1. The monoisotopic (exact) mass is 569 g/mol. The topological polar surface area (TPSA) is 110 Å². The quantitative estimate of drug-likeness (QED) is 0.166. The molecule has 2 saturated carbocycles. The molecule has 3 aliphatic rings. The number of likely N-dealkylation sites (tertiary alicyclic amines) is 1. The number of halogens is 2. The molecule has 1 N–H and O–H groups in total. The highest BCUT2D eigenvalue weighted by atomic mass is 79.9. The number of amides is 3. The summed E-state index contributed by atoms with van der Waals surface area (Å²) in [7, 11) is 0. The Labute approximate surface area is 202 Å². The highest BCUT2D eigenvalue weighted by Crippen LogP contribution is 2.60. The lowest BCUT2D eigenvalue weighted by Crippen LogP contribution is -2.37. The van der Waals surface area contributed by atoms with E-state index in [2.05, 4.69) is 37.2 Å². The smallest absolute Gasteiger partial charge is 0.274 e. The van der Waals surface area contributed by atoms with E-state index >= 15 is 0 Å². The van der Waals surface area contributed by atoms with E-state index in [1.807, 2.05) is 0 Å². The van der Waals surface area contributed by atoms with Gasteiger partial charge in [-0.3, -0.25) is 29.4 Å². The van der Waals surface area contributed by atoms with Crippen molar-refractivity contribution >= 4 is 61.0 Å². The second-order valence-corrected chi connectivity index (χ2v) is 11.1.